The number of anilines is 1. The largest absolute Gasteiger partial charge is 0.494 e. The lowest BCUT2D eigenvalue weighted by Gasteiger charge is -2.18. The zero-order valence-electron chi connectivity index (χ0n) is 16.6. The van der Waals surface area contributed by atoms with Crippen LogP contribution in [0.5, 0.6) is 17.4 Å². The van der Waals surface area contributed by atoms with E-state index >= 15 is 0 Å². The smallest absolute Gasteiger partial charge is 0.248 e. The lowest BCUT2D eigenvalue weighted by atomic mass is 10.2. The van der Waals surface area contributed by atoms with E-state index in [9.17, 15) is 23.8 Å². The second-order valence-corrected chi connectivity index (χ2v) is 7.27. The summed E-state index contributed by atoms with van der Waals surface area (Å²) >= 11 is 6.04. The minimum absolute atomic E-state index is 0.0199. The number of hydrogen-bond donors (Lipinski definition) is 4. The van der Waals surface area contributed by atoms with Crippen LogP contribution in [0.2, 0.25) is 5.02 Å². The van der Waals surface area contributed by atoms with E-state index in [2.05, 4.69) is 10.4 Å². The molecule has 1 unspecified atom stereocenters. The molecule has 3 rings (SSSR count). The number of rotatable bonds is 10. The maximum Gasteiger partial charge on any atom is 0.248 e. The van der Waals surface area contributed by atoms with Gasteiger partial charge in [0.05, 0.1) is 30.5 Å². The van der Waals surface area contributed by atoms with E-state index in [0.717, 1.165) is 4.57 Å². The van der Waals surface area contributed by atoms with Crippen LogP contribution in [-0.2, 0) is 11.3 Å². The number of aromatic hydroxyl groups is 1. The topological polar surface area (TPSA) is 122 Å². The lowest BCUT2D eigenvalue weighted by molar-refractivity contribution is -0.120. The molecule has 4 N–H and O–H groups in total. The molecule has 0 saturated heterocycles. The standard InChI is InChI=1S/C20H21ClF2N4O5/c21-14-3-1-2-4-16(14)32-13-7-19(30)27(10-13)15(8-17(22)23)20(31)24-18-5-6-26(25-18)9-12(29)11-28/h1-7,10,12,15,17,28-30H,8-9,11H2,(H,24,25,31)/t12-,15?/m1/s1. The second kappa shape index (κ2) is 10.4. The molecule has 0 fully saturated rings. The summed E-state index contributed by atoms with van der Waals surface area (Å²) in [7, 11) is 0. The summed E-state index contributed by atoms with van der Waals surface area (Å²) in [6.07, 6.45) is -2.08. The minimum Gasteiger partial charge on any atom is -0.494 e. The molecule has 0 bridgehead atoms. The van der Waals surface area contributed by atoms with Crippen molar-refractivity contribution in [2.24, 2.45) is 0 Å². The van der Waals surface area contributed by atoms with Gasteiger partial charge in [0.15, 0.2) is 11.7 Å². The molecule has 2 heterocycles. The highest BCUT2D eigenvalue weighted by atomic mass is 35.5. The van der Waals surface area contributed by atoms with Crippen LogP contribution in [0.4, 0.5) is 14.6 Å². The molecule has 0 aliphatic carbocycles. The van der Waals surface area contributed by atoms with Gasteiger partial charge in [0.25, 0.3) is 0 Å². The Morgan fingerprint density at radius 1 is 1.28 bits per heavy atom. The number of aromatic nitrogens is 3. The molecule has 12 heteroatoms. The summed E-state index contributed by atoms with van der Waals surface area (Å²) in [6, 6.07) is 7.69. The average molecular weight is 471 g/mol. The van der Waals surface area contributed by atoms with Crippen LogP contribution in [0.25, 0.3) is 0 Å². The number of aliphatic hydroxyl groups is 2. The van der Waals surface area contributed by atoms with Gasteiger partial charge in [-0.2, -0.15) is 5.10 Å². The lowest BCUT2D eigenvalue weighted by Crippen LogP contribution is -2.27. The summed E-state index contributed by atoms with van der Waals surface area (Å²) in [5.74, 6) is -0.849. The number of halogens is 3. The number of nitrogens with zero attached hydrogens (tertiary/aromatic N) is 3. The van der Waals surface area contributed by atoms with Crippen molar-refractivity contribution in [1.82, 2.24) is 14.3 Å². The number of hydrogen-bond acceptors (Lipinski definition) is 6. The summed E-state index contributed by atoms with van der Waals surface area (Å²) in [5, 5.41) is 35.3. The average Bonchev–Trinajstić information content (AvgIpc) is 3.33. The molecule has 0 spiro atoms. The van der Waals surface area contributed by atoms with E-state index in [1.807, 2.05) is 0 Å². The zero-order valence-corrected chi connectivity index (χ0v) is 17.4. The van der Waals surface area contributed by atoms with Gasteiger partial charge < -0.3 is 29.9 Å². The number of ether oxygens (including phenoxy) is 1. The first kappa shape index (κ1) is 23.5. The summed E-state index contributed by atoms with van der Waals surface area (Å²) in [6.45, 7) is -0.489. The van der Waals surface area contributed by atoms with Gasteiger partial charge in [-0.05, 0) is 12.1 Å². The first-order valence-electron chi connectivity index (χ1n) is 9.51. The van der Waals surface area contributed by atoms with Crippen molar-refractivity contribution in [2.75, 3.05) is 11.9 Å². The Kier molecular flexibility index (Phi) is 7.67. The van der Waals surface area contributed by atoms with E-state index in [0.29, 0.717) is 5.02 Å². The van der Waals surface area contributed by atoms with Crippen LogP contribution in [0.1, 0.15) is 12.5 Å². The number of alkyl halides is 2. The third-order valence-corrected chi connectivity index (χ3v) is 4.72. The Hall–Kier alpha value is -3.15. The van der Waals surface area contributed by atoms with Crippen LogP contribution in [-0.4, -0.2) is 54.7 Å². The van der Waals surface area contributed by atoms with Crippen molar-refractivity contribution in [3.8, 4) is 17.4 Å². The van der Waals surface area contributed by atoms with E-state index in [1.165, 1.54) is 29.2 Å². The first-order chi connectivity index (χ1) is 15.3. The second-order valence-electron chi connectivity index (χ2n) is 6.87. The van der Waals surface area contributed by atoms with Gasteiger partial charge in [-0.3, -0.25) is 9.48 Å². The van der Waals surface area contributed by atoms with Crippen molar-refractivity contribution in [1.29, 1.82) is 0 Å². The number of aliphatic hydroxyl groups excluding tert-OH is 2. The fraction of sp³-hybridized carbons (Fsp3) is 0.300. The molecule has 0 radical (unpaired) electrons. The third-order valence-electron chi connectivity index (χ3n) is 4.41. The number of carbonyl (C=O) groups is 1. The molecule has 1 aromatic carbocycles. The van der Waals surface area contributed by atoms with Crippen molar-refractivity contribution in [3.63, 3.8) is 0 Å². The Labute approximate surface area is 186 Å². The SMILES string of the molecule is O=C(Nc1ccn(C[C@@H](O)CO)n1)C(CC(F)F)n1cc(Oc2ccccc2Cl)cc1O. The van der Waals surface area contributed by atoms with Gasteiger partial charge in [0.2, 0.25) is 12.3 Å². The van der Waals surface area contributed by atoms with Crippen LogP contribution >= 0.6 is 11.6 Å². The van der Waals surface area contributed by atoms with E-state index in [-0.39, 0.29) is 23.9 Å². The van der Waals surface area contributed by atoms with Gasteiger partial charge in [-0.15, -0.1) is 0 Å². The molecule has 0 aliphatic rings. The predicted molar refractivity (Wildman–Crippen MR) is 111 cm³/mol. The highest BCUT2D eigenvalue weighted by Crippen LogP contribution is 2.34. The van der Waals surface area contributed by atoms with Crippen LogP contribution in [0, 0.1) is 0 Å². The predicted octanol–water partition coefficient (Wildman–Crippen LogP) is 3.02. The fourth-order valence-electron chi connectivity index (χ4n) is 2.93. The molecule has 2 aromatic heterocycles. The Bertz CT molecular complexity index is 1060. The van der Waals surface area contributed by atoms with Crippen molar-refractivity contribution in [3.05, 3.63) is 53.8 Å². The van der Waals surface area contributed by atoms with Gasteiger partial charge in [0.1, 0.15) is 17.5 Å². The Morgan fingerprint density at radius 3 is 2.72 bits per heavy atom. The number of benzene rings is 1. The van der Waals surface area contributed by atoms with Crippen LogP contribution < -0.4 is 10.1 Å². The van der Waals surface area contributed by atoms with E-state index in [1.54, 1.807) is 24.3 Å². The molecule has 172 valence electrons. The molecule has 2 atom stereocenters. The van der Waals surface area contributed by atoms with Gasteiger partial charge in [-0.25, -0.2) is 8.78 Å². The normalized spacial score (nSPS) is 13.2. The van der Waals surface area contributed by atoms with Crippen molar-refractivity contribution >= 4 is 23.3 Å². The number of nitrogens with one attached hydrogen (secondary N) is 1. The Balaban J connectivity index is 1.78. The summed E-state index contributed by atoms with van der Waals surface area (Å²) in [5.41, 5.74) is 0. The molecular weight excluding hydrogens is 450 g/mol. The summed E-state index contributed by atoms with van der Waals surface area (Å²) < 4.78 is 34.2. The van der Waals surface area contributed by atoms with E-state index in [4.69, 9.17) is 21.4 Å². The quantitative estimate of drug-likeness (QED) is 0.361. The molecule has 1 amide bonds. The molecule has 3 aromatic rings. The number of carbonyl (C=O) groups excluding carboxylic acids is 1. The number of amides is 1. The van der Waals surface area contributed by atoms with Crippen LogP contribution in [0.3, 0.4) is 0 Å². The highest BCUT2D eigenvalue weighted by molar-refractivity contribution is 6.32. The number of para-hydroxylation sites is 1. The summed E-state index contributed by atoms with van der Waals surface area (Å²) in [4.78, 5) is 12.7. The van der Waals surface area contributed by atoms with Gasteiger partial charge in [-0.1, -0.05) is 23.7 Å². The van der Waals surface area contributed by atoms with Gasteiger partial charge in [0, 0.05) is 24.8 Å². The third kappa shape index (κ3) is 5.96. The highest BCUT2D eigenvalue weighted by Gasteiger charge is 2.28. The Morgan fingerprint density at radius 2 is 2.03 bits per heavy atom. The minimum atomic E-state index is -2.84. The maximum absolute atomic E-state index is 13.2. The van der Waals surface area contributed by atoms with Crippen molar-refractivity contribution < 1.29 is 33.6 Å². The molecule has 32 heavy (non-hydrogen) atoms. The molecular formula is C20H21ClF2N4O5. The zero-order chi connectivity index (χ0) is 23.3. The molecule has 0 saturated carbocycles. The first-order valence-corrected chi connectivity index (χ1v) is 9.89. The van der Waals surface area contributed by atoms with Crippen molar-refractivity contribution in [2.45, 2.75) is 31.5 Å². The maximum atomic E-state index is 13.2. The van der Waals surface area contributed by atoms with Crippen LogP contribution in [0.15, 0.2) is 48.8 Å². The molecule has 0 aliphatic heterocycles. The monoisotopic (exact) mass is 470 g/mol. The van der Waals surface area contributed by atoms with E-state index < -0.39 is 43.4 Å². The molecule has 9 nitrogen and oxygen atoms in total. The fourth-order valence-corrected chi connectivity index (χ4v) is 3.11. The van der Waals surface area contributed by atoms with Gasteiger partial charge >= 0.3 is 0 Å².